The van der Waals surface area contributed by atoms with E-state index in [9.17, 15) is 4.79 Å². The number of fused-ring (bicyclic) bond motifs is 2. The summed E-state index contributed by atoms with van der Waals surface area (Å²) in [6.07, 6.45) is 5.69. The highest BCUT2D eigenvalue weighted by atomic mass is 16.6. The summed E-state index contributed by atoms with van der Waals surface area (Å²) >= 11 is 0. The molecule has 0 spiro atoms. The Balaban J connectivity index is 1.84. The summed E-state index contributed by atoms with van der Waals surface area (Å²) in [5.41, 5.74) is -0.927. The monoisotopic (exact) mass is 314 g/mol. The van der Waals surface area contributed by atoms with Crippen LogP contribution in [0.5, 0.6) is 0 Å². The molecule has 0 radical (unpaired) electrons. The lowest BCUT2D eigenvalue weighted by Gasteiger charge is -2.54. The lowest BCUT2D eigenvalue weighted by Crippen LogP contribution is -2.69. The maximum atomic E-state index is 12.9. The lowest BCUT2D eigenvalue weighted by molar-refractivity contribution is -0.201. The molecule has 2 bridgehead atoms. The minimum Gasteiger partial charge on any atom is -0.372 e. The molecule has 4 atom stereocenters. The molecule has 0 aromatic heterocycles. The van der Waals surface area contributed by atoms with Gasteiger partial charge in [0, 0.05) is 20.6 Å². The van der Waals surface area contributed by atoms with Gasteiger partial charge in [-0.05, 0) is 11.6 Å². The zero-order valence-corrected chi connectivity index (χ0v) is 13.5. The highest BCUT2D eigenvalue weighted by molar-refractivity contribution is 5.97. The molecule has 23 heavy (non-hydrogen) atoms. The van der Waals surface area contributed by atoms with Crippen molar-refractivity contribution in [2.75, 3.05) is 14.2 Å². The third kappa shape index (κ3) is 2.29. The normalized spacial score (nSPS) is 35.5. The van der Waals surface area contributed by atoms with Crippen molar-refractivity contribution in [1.82, 2.24) is 0 Å². The third-order valence-electron chi connectivity index (χ3n) is 5.06. The van der Waals surface area contributed by atoms with Crippen LogP contribution in [0, 0.1) is 5.92 Å². The molecule has 122 valence electrons. The van der Waals surface area contributed by atoms with Crippen LogP contribution in [0.15, 0.2) is 55.1 Å². The fraction of sp³-hybridized carbons (Fsp3) is 0.421. The maximum Gasteiger partial charge on any atom is 0.181 e. The van der Waals surface area contributed by atoms with E-state index >= 15 is 0 Å². The van der Waals surface area contributed by atoms with Crippen molar-refractivity contribution in [1.29, 1.82) is 0 Å². The number of ether oxygens (including phenoxy) is 3. The van der Waals surface area contributed by atoms with Crippen LogP contribution < -0.4 is 0 Å². The zero-order chi connectivity index (χ0) is 16.5. The van der Waals surface area contributed by atoms with Gasteiger partial charge < -0.3 is 14.2 Å². The van der Waals surface area contributed by atoms with E-state index in [1.54, 1.807) is 13.2 Å². The van der Waals surface area contributed by atoms with Crippen molar-refractivity contribution in [3.63, 3.8) is 0 Å². The Bertz CT molecular complexity index is 624. The number of ketones is 1. The van der Waals surface area contributed by atoms with E-state index < -0.39 is 11.2 Å². The fourth-order valence-electron chi connectivity index (χ4n) is 3.74. The molecule has 4 rings (SSSR count). The van der Waals surface area contributed by atoms with Crippen LogP contribution in [-0.4, -0.2) is 37.3 Å². The van der Waals surface area contributed by atoms with Crippen molar-refractivity contribution in [2.24, 2.45) is 5.92 Å². The predicted molar refractivity (Wildman–Crippen MR) is 87.0 cm³/mol. The molecule has 1 fully saturated rings. The molecule has 0 aliphatic heterocycles. The fourth-order valence-corrected chi connectivity index (χ4v) is 3.74. The molecular formula is C19H22O4. The molecule has 4 heteroatoms. The molecule has 0 saturated heterocycles. The van der Waals surface area contributed by atoms with E-state index in [-0.39, 0.29) is 17.8 Å². The van der Waals surface area contributed by atoms with Gasteiger partial charge in [-0.25, -0.2) is 0 Å². The first-order chi connectivity index (χ1) is 11.1. The van der Waals surface area contributed by atoms with E-state index in [1.807, 2.05) is 42.5 Å². The smallest absolute Gasteiger partial charge is 0.181 e. The SMILES string of the molecule is C=C[C@@]1(OC)C(=O)[C@H]2C=C[C@]1(OC)C[C@@H]2OCc1ccccc1. The second-order valence-electron chi connectivity index (χ2n) is 6.03. The molecule has 0 heterocycles. The van der Waals surface area contributed by atoms with E-state index in [1.165, 1.54) is 7.11 Å². The second kappa shape index (κ2) is 6.04. The molecule has 0 N–H and O–H groups in total. The van der Waals surface area contributed by atoms with Crippen LogP contribution in [0.4, 0.5) is 0 Å². The second-order valence-corrected chi connectivity index (χ2v) is 6.03. The maximum absolute atomic E-state index is 12.9. The van der Waals surface area contributed by atoms with Gasteiger partial charge in [-0.3, -0.25) is 4.79 Å². The summed E-state index contributed by atoms with van der Waals surface area (Å²) in [5.74, 6) is -0.391. The molecule has 0 amide bonds. The van der Waals surface area contributed by atoms with Gasteiger partial charge in [-0.1, -0.05) is 49.1 Å². The Labute approximate surface area is 136 Å². The summed E-state index contributed by atoms with van der Waals surface area (Å²) < 4.78 is 17.4. The number of carbonyl (C=O) groups is 1. The lowest BCUT2D eigenvalue weighted by atomic mass is 9.60. The highest BCUT2D eigenvalue weighted by Gasteiger charge is 2.64. The van der Waals surface area contributed by atoms with Gasteiger partial charge in [0.05, 0.1) is 18.6 Å². The van der Waals surface area contributed by atoms with Crippen LogP contribution >= 0.6 is 0 Å². The van der Waals surface area contributed by atoms with Gasteiger partial charge >= 0.3 is 0 Å². The summed E-state index contributed by atoms with van der Waals surface area (Å²) in [5, 5.41) is 0. The molecule has 0 unspecified atom stereocenters. The summed E-state index contributed by atoms with van der Waals surface area (Å²) in [7, 11) is 3.11. The number of methoxy groups -OCH3 is 2. The van der Waals surface area contributed by atoms with Crippen LogP contribution in [0.1, 0.15) is 12.0 Å². The number of benzene rings is 1. The van der Waals surface area contributed by atoms with Crippen LogP contribution in [-0.2, 0) is 25.6 Å². The molecule has 3 aliphatic rings. The molecule has 1 saturated carbocycles. The van der Waals surface area contributed by atoms with Gasteiger partial charge in [0.25, 0.3) is 0 Å². The largest absolute Gasteiger partial charge is 0.372 e. The van der Waals surface area contributed by atoms with E-state index in [0.29, 0.717) is 13.0 Å². The number of carbonyl (C=O) groups excluding carboxylic acids is 1. The average molecular weight is 314 g/mol. The Morgan fingerprint density at radius 3 is 2.61 bits per heavy atom. The number of hydrogen-bond acceptors (Lipinski definition) is 4. The van der Waals surface area contributed by atoms with Crippen molar-refractivity contribution in [3.05, 3.63) is 60.7 Å². The number of rotatable bonds is 6. The Morgan fingerprint density at radius 1 is 1.26 bits per heavy atom. The Hall–Kier alpha value is -1.75. The van der Waals surface area contributed by atoms with Crippen LogP contribution in [0.2, 0.25) is 0 Å². The van der Waals surface area contributed by atoms with E-state index in [0.717, 1.165) is 5.56 Å². The van der Waals surface area contributed by atoms with Crippen molar-refractivity contribution < 1.29 is 19.0 Å². The minimum atomic E-state index is -1.15. The predicted octanol–water partition coefficient (Wildman–Crippen LogP) is 2.69. The zero-order valence-electron chi connectivity index (χ0n) is 13.5. The molecule has 1 aromatic carbocycles. The first-order valence-corrected chi connectivity index (χ1v) is 7.75. The standard InChI is InChI=1S/C19H22O4/c1-4-19(22-3)17(20)15-10-11-18(19,21-2)12-16(15)23-13-14-8-6-5-7-9-14/h4-11,15-16H,1,12-13H2,2-3H3/t15-,16-,18-,19+/m0/s1. The summed E-state index contributed by atoms with van der Waals surface area (Å²) in [6.45, 7) is 4.28. The van der Waals surface area contributed by atoms with Gasteiger partial charge in [0.1, 0.15) is 5.60 Å². The molecule has 1 aromatic rings. The van der Waals surface area contributed by atoms with Crippen molar-refractivity contribution >= 4 is 5.78 Å². The van der Waals surface area contributed by atoms with Crippen LogP contribution in [0.25, 0.3) is 0 Å². The Morgan fingerprint density at radius 2 is 2.00 bits per heavy atom. The van der Waals surface area contributed by atoms with Gasteiger partial charge in [0.2, 0.25) is 0 Å². The van der Waals surface area contributed by atoms with Gasteiger partial charge in [-0.2, -0.15) is 0 Å². The quantitative estimate of drug-likeness (QED) is 0.757. The highest BCUT2D eigenvalue weighted by Crippen LogP contribution is 2.49. The number of Topliss-reactive ketones (excluding diaryl/α,β-unsaturated/α-hetero) is 1. The topological polar surface area (TPSA) is 44.8 Å². The molecular weight excluding hydrogens is 292 g/mol. The van der Waals surface area contributed by atoms with E-state index in [2.05, 4.69) is 6.58 Å². The average Bonchev–Trinajstić information content (AvgIpc) is 2.62. The minimum absolute atomic E-state index is 0.0522. The third-order valence-corrected chi connectivity index (χ3v) is 5.06. The van der Waals surface area contributed by atoms with Gasteiger partial charge in [0.15, 0.2) is 11.4 Å². The first-order valence-electron chi connectivity index (χ1n) is 7.75. The first kappa shape index (κ1) is 16.1. The van der Waals surface area contributed by atoms with Crippen molar-refractivity contribution in [2.45, 2.75) is 30.3 Å². The number of hydrogen-bond donors (Lipinski definition) is 0. The molecule has 4 nitrogen and oxygen atoms in total. The Kier molecular flexibility index (Phi) is 4.23. The summed E-state index contributed by atoms with van der Waals surface area (Å²) in [6, 6.07) is 9.93. The molecule has 3 aliphatic carbocycles. The van der Waals surface area contributed by atoms with E-state index in [4.69, 9.17) is 14.2 Å². The van der Waals surface area contributed by atoms with Crippen molar-refractivity contribution in [3.8, 4) is 0 Å². The summed E-state index contributed by atoms with van der Waals surface area (Å²) in [4.78, 5) is 12.9. The van der Waals surface area contributed by atoms with Crippen LogP contribution in [0.3, 0.4) is 0 Å². The van der Waals surface area contributed by atoms with Gasteiger partial charge in [-0.15, -0.1) is 0 Å².